The fourth-order valence-corrected chi connectivity index (χ4v) is 2.40. The molecule has 2 rings (SSSR count). The van der Waals surface area contributed by atoms with E-state index >= 15 is 0 Å². The standard InChI is InChI=1S/C15H19F2N3O2/c1-2-18-14(21)10-19-5-7-20(8-6-19)15(22)12-9-11(16)3-4-13(12)17/h3-4,9H,2,5-8,10H2,1H3,(H,18,21). The van der Waals surface area contributed by atoms with Gasteiger partial charge in [-0.05, 0) is 25.1 Å². The number of halogens is 2. The number of carbonyl (C=O) groups is 2. The van der Waals surface area contributed by atoms with Gasteiger partial charge in [-0.2, -0.15) is 0 Å². The fraction of sp³-hybridized carbons (Fsp3) is 0.467. The highest BCUT2D eigenvalue weighted by Crippen LogP contribution is 2.14. The van der Waals surface area contributed by atoms with Crippen LogP contribution >= 0.6 is 0 Å². The van der Waals surface area contributed by atoms with E-state index in [1.165, 1.54) is 4.90 Å². The molecular formula is C15H19F2N3O2. The molecule has 120 valence electrons. The number of benzene rings is 1. The molecule has 1 saturated heterocycles. The minimum Gasteiger partial charge on any atom is -0.355 e. The van der Waals surface area contributed by atoms with Gasteiger partial charge < -0.3 is 10.2 Å². The van der Waals surface area contributed by atoms with Crippen molar-refractivity contribution in [1.82, 2.24) is 15.1 Å². The van der Waals surface area contributed by atoms with Gasteiger partial charge in [0.25, 0.3) is 5.91 Å². The molecule has 1 aliphatic heterocycles. The molecule has 0 saturated carbocycles. The molecule has 1 N–H and O–H groups in total. The van der Waals surface area contributed by atoms with Crippen molar-refractivity contribution >= 4 is 11.8 Å². The zero-order chi connectivity index (χ0) is 16.1. The second-order valence-corrected chi connectivity index (χ2v) is 5.15. The average Bonchev–Trinajstić information content (AvgIpc) is 2.50. The Morgan fingerprint density at radius 1 is 1.18 bits per heavy atom. The highest BCUT2D eigenvalue weighted by molar-refractivity contribution is 5.94. The SMILES string of the molecule is CCNC(=O)CN1CCN(C(=O)c2cc(F)ccc2F)CC1. The van der Waals surface area contributed by atoms with E-state index in [9.17, 15) is 18.4 Å². The second-order valence-electron chi connectivity index (χ2n) is 5.15. The lowest BCUT2D eigenvalue weighted by Crippen LogP contribution is -2.51. The molecule has 1 aromatic carbocycles. The summed E-state index contributed by atoms with van der Waals surface area (Å²) in [5, 5.41) is 2.71. The summed E-state index contributed by atoms with van der Waals surface area (Å²) in [7, 11) is 0. The number of hydrogen-bond acceptors (Lipinski definition) is 3. The Bertz CT molecular complexity index is 558. The van der Waals surface area contributed by atoms with Crippen LogP contribution in [0.5, 0.6) is 0 Å². The molecule has 0 aromatic heterocycles. The predicted molar refractivity (Wildman–Crippen MR) is 77.4 cm³/mol. The Balaban J connectivity index is 1.92. The summed E-state index contributed by atoms with van der Waals surface area (Å²) in [5.74, 6) is -1.94. The van der Waals surface area contributed by atoms with Crippen LogP contribution < -0.4 is 5.32 Å². The van der Waals surface area contributed by atoms with E-state index in [4.69, 9.17) is 0 Å². The van der Waals surface area contributed by atoms with Gasteiger partial charge in [0.1, 0.15) is 11.6 Å². The van der Waals surface area contributed by atoms with E-state index < -0.39 is 17.5 Å². The third-order valence-corrected chi connectivity index (χ3v) is 3.56. The van der Waals surface area contributed by atoms with Crippen molar-refractivity contribution in [2.45, 2.75) is 6.92 Å². The van der Waals surface area contributed by atoms with Crippen molar-refractivity contribution in [2.75, 3.05) is 39.3 Å². The van der Waals surface area contributed by atoms with Gasteiger partial charge in [-0.3, -0.25) is 14.5 Å². The first-order valence-corrected chi connectivity index (χ1v) is 7.24. The Hall–Kier alpha value is -2.02. The number of amides is 2. The van der Waals surface area contributed by atoms with Crippen LogP contribution in [-0.4, -0.2) is 60.9 Å². The van der Waals surface area contributed by atoms with E-state index in [2.05, 4.69) is 5.32 Å². The van der Waals surface area contributed by atoms with E-state index in [0.29, 0.717) is 32.7 Å². The van der Waals surface area contributed by atoms with Gasteiger partial charge in [0.15, 0.2) is 0 Å². The molecule has 0 aliphatic carbocycles. The lowest BCUT2D eigenvalue weighted by Gasteiger charge is -2.34. The second kappa shape index (κ2) is 7.31. The van der Waals surface area contributed by atoms with Crippen LogP contribution in [0.1, 0.15) is 17.3 Å². The van der Waals surface area contributed by atoms with Crippen LogP contribution in [0, 0.1) is 11.6 Å². The number of nitrogens with one attached hydrogen (secondary N) is 1. The molecule has 1 fully saturated rings. The topological polar surface area (TPSA) is 52.7 Å². The number of rotatable bonds is 4. The molecule has 1 aliphatic rings. The smallest absolute Gasteiger partial charge is 0.257 e. The van der Waals surface area contributed by atoms with Crippen molar-refractivity contribution in [1.29, 1.82) is 0 Å². The van der Waals surface area contributed by atoms with Gasteiger partial charge >= 0.3 is 0 Å². The third kappa shape index (κ3) is 4.00. The predicted octanol–water partition coefficient (Wildman–Crippen LogP) is 0.859. The highest BCUT2D eigenvalue weighted by atomic mass is 19.1. The summed E-state index contributed by atoms with van der Waals surface area (Å²) in [6.45, 7) is 4.53. The van der Waals surface area contributed by atoms with E-state index in [1.807, 2.05) is 11.8 Å². The lowest BCUT2D eigenvalue weighted by molar-refractivity contribution is -0.122. The third-order valence-electron chi connectivity index (χ3n) is 3.56. The first-order chi connectivity index (χ1) is 10.5. The monoisotopic (exact) mass is 311 g/mol. The van der Waals surface area contributed by atoms with Crippen molar-refractivity contribution in [3.63, 3.8) is 0 Å². The quantitative estimate of drug-likeness (QED) is 0.897. The Morgan fingerprint density at radius 2 is 1.86 bits per heavy atom. The van der Waals surface area contributed by atoms with Gasteiger partial charge in [0.2, 0.25) is 5.91 Å². The molecule has 0 spiro atoms. The number of nitrogens with zero attached hydrogens (tertiary/aromatic N) is 2. The van der Waals surface area contributed by atoms with Crippen LogP contribution in [0.15, 0.2) is 18.2 Å². The molecule has 22 heavy (non-hydrogen) atoms. The van der Waals surface area contributed by atoms with Crippen LogP contribution in [-0.2, 0) is 4.79 Å². The summed E-state index contributed by atoms with van der Waals surface area (Å²) < 4.78 is 26.8. The fourth-order valence-electron chi connectivity index (χ4n) is 2.40. The molecule has 5 nitrogen and oxygen atoms in total. The minimum atomic E-state index is -0.726. The zero-order valence-corrected chi connectivity index (χ0v) is 12.4. The van der Waals surface area contributed by atoms with E-state index in [-0.39, 0.29) is 18.0 Å². The summed E-state index contributed by atoms with van der Waals surface area (Å²) in [6, 6.07) is 2.85. The molecule has 2 amide bonds. The van der Waals surface area contributed by atoms with Gasteiger partial charge in [-0.15, -0.1) is 0 Å². The maximum Gasteiger partial charge on any atom is 0.257 e. The Kier molecular flexibility index (Phi) is 5.43. The molecule has 0 radical (unpaired) electrons. The minimum absolute atomic E-state index is 0.0570. The molecular weight excluding hydrogens is 292 g/mol. The molecule has 1 heterocycles. The molecule has 0 atom stereocenters. The summed E-state index contributed by atoms with van der Waals surface area (Å²) in [6.07, 6.45) is 0. The summed E-state index contributed by atoms with van der Waals surface area (Å²) in [5.41, 5.74) is -0.253. The maximum atomic E-state index is 13.6. The molecule has 0 bridgehead atoms. The largest absolute Gasteiger partial charge is 0.355 e. The molecule has 0 unspecified atom stereocenters. The number of carbonyl (C=O) groups excluding carboxylic acids is 2. The molecule has 7 heteroatoms. The van der Waals surface area contributed by atoms with Gasteiger partial charge in [-0.25, -0.2) is 8.78 Å². The molecule has 1 aromatic rings. The first-order valence-electron chi connectivity index (χ1n) is 7.24. The van der Waals surface area contributed by atoms with Crippen molar-refractivity contribution in [3.8, 4) is 0 Å². The van der Waals surface area contributed by atoms with Crippen LogP contribution in [0.25, 0.3) is 0 Å². The average molecular weight is 311 g/mol. The summed E-state index contributed by atoms with van der Waals surface area (Å²) >= 11 is 0. The van der Waals surface area contributed by atoms with Gasteiger partial charge in [-0.1, -0.05) is 0 Å². The number of piperazine rings is 1. The lowest BCUT2D eigenvalue weighted by atomic mass is 10.1. The number of hydrogen-bond donors (Lipinski definition) is 1. The van der Waals surface area contributed by atoms with Crippen LogP contribution in [0.3, 0.4) is 0 Å². The van der Waals surface area contributed by atoms with Gasteiger partial charge in [0, 0.05) is 32.7 Å². The zero-order valence-electron chi connectivity index (χ0n) is 12.4. The van der Waals surface area contributed by atoms with E-state index in [0.717, 1.165) is 18.2 Å². The summed E-state index contributed by atoms with van der Waals surface area (Å²) in [4.78, 5) is 27.1. The van der Waals surface area contributed by atoms with Crippen molar-refractivity contribution < 1.29 is 18.4 Å². The van der Waals surface area contributed by atoms with Gasteiger partial charge in [0.05, 0.1) is 12.1 Å². The maximum absolute atomic E-state index is 13.6. The van der Waals surface area contributed by atoms with Crippen LogP contribution in [0.4, 0.5) is 8.78 Å². The Morgan fingerprint density at radius 3 is 2.50 bits per heavy atom. The normalized spacial score (nSPS) is 15.7. The van der Waals surface area contributed by atoms with Crippen molar-refractivity contribution in [2.24, 2.45) is 0 Å². The van der Waals surface area contributed by atoms with Crippen LogP contribution in [0.2, 0.25) is 0 Å². The first kappa shape index (κ1) is 16.4. The number of likely N-dealkylation sites (N-methyl/N-ethyl adjacent to an activating group) is 1. The Labute approximate surface area is 127 Å². The van der Waals surface area contributed by atoms with Crippen molar-refractivity contribution in [3.05, 3.63) is 35.4 Å². The van der Waals surface area contributed by atoms with E-state index in [1.54, 1.807) is 0 Å². The highest BCUT2D eigenvalue weighted by Gasteiger charge is 2.25.